The second-order valence-corrected chi connectivity index (χ2v) is 6.53. The summed E-state index contributed by atoms with van der Waals surface area (Å²) in [4.78, 5) is 15.1. The van der Waals surface area contributed by atoms with E-state index in [1.165, 1.54) is 43.2 Å². The number of amides is 1. The van der Waals surface area contributed by atoms with Gasteiger partial charge in [0.25, 0.3) is 0 Å². The first-order chi connectivity index (χ1) is 10.1. The lowest BCUT2D eigenvalue weighted by Crippen LogP contribution is -2.42. The zero-order valence-corrected chi connectivity index (χ0v) is 13.3. The summed E-state index contributed by atoms with van der Waals surface area (Å²) in [6, 6.07) is 4.80. The lowest BCUT2D eigenvalue weighted by Gasteiger charge is -2.33. The molecule has 0 aliphatic heterocycles. The van der Waals surface area contributed by atoms with Crippen LogP contribution >= 0.6 is 11.8 Å². The van der Waals surface area contributed by atoms with Crippen molar-refractivity contribution in [1.29, 1.82) is 0 Å². The van der Waals surface area contributed by atoms with Gasteiger partial charge in [-0.1, -0.05) is 19.3 Å². The average molecular weight is 310 g/mol. The predicted molar refractivity (Wildman–Crippen MR) is 85.8 cm³/mol. The standard InChI is InChI=1S/C16H23FN2OS/c1-2-19(14-6-4-3-5-7-14)16(20)11-21-15-9-12(17)8-13(18)10-15/h8-10,14H,2-7,11,18H2,1H3. The Morgan fingerprint density at radius 1 is 1.33 bits per heavy atom. The van der Waals surface area contributed by atoms with E-state index in [0.29, 0.717) is 22.4 Å². The Morgan fingerprint density at radius 2 is 2.05 bits per heavy atom. The molecule has 0 spiro atoms. The molecule has 2 N–H and O–H groups in total. The Labute approximate surface area is 130 Å². The monoisotopic (exact) mass is 310 g/mol. The molecule has 1 aromatic carbocycles. The number of hydrogen-bond donors (Lipinski definition) is 1. The minimum atomic E-state index is -0.357. The van der Waals surface area contributed by atoms with E-state index in [2.05, 4.69) is 0 Å². The average Bonchev–Trinajstić information content (AvgIpc) is 2.46. The van der Waals surface area contributed by atoms with Gasteiger partial charge in [0.15, 0.2) is 0 Å². The predicted octanol–water partition coefficient (Wildman–Crippen LogP) is 3.68. The molecule has 1 aromatic rings. The van der Waals surface area contributed by atoms with E-state index in [9.17, 15) is 9.18 Å². The first kappa shape index (κ1) is 16.1. The number of benzene rings is 1. The molecule has 5 heteroatoms. The van der Waals surface area contributed by atoms with Crippen LogP contribution in [0.25, 0.3) is 0 Å². The summed E-state index contributed by atoms with van der Waals surface area (Å²) in [5.41, 5.74) is 6.01. The lowest BCUT2D eigenvalue weighted by atomic mass is 9.94. The van der Waals surface area contributed by atoms with Gasteiger partial charge in [0.1, 0.15) is 5.82 Å². The molecule has 3 nitrogen and oxygen atoms in total. The van der Waals surface area contributed by atoms with Crippen LogP contribution in [-0.4, -0.2) is 29.1 Å². The van der Waals surface area contributed by atoms with E-state index in [-0.39, 0.29) is 11.7 Å². The number of carbonyl (C=O) groups excluding carboxylic acids is 1. The molecule has 2 rings (SSSR count). The van der Waals surface area contributed by atoms with Crippen molar-refractivity contribution in [3.63, 3.8) is 0 Å². The molecule has 0 saturated heterocycles. The molecule has 1 fully saturated rings. The number of rotatable bonds is 5. The Hall–Kier alpha value is -1.23. The van der Waals surface area contributed by atoms with Gasteiger partial charge in [-0.3, -0.25) is 4.79 Å². The molecule has 0 heterocycles. The maximum Gasteiger partial charge on any atom is 0.233 e. The van der Waals surface area contributed by atoms with Crippen LogP contribution in [0.3, 0.4) is 0 Å². The van der Waals surface area contributed by atoms with Crippen molar-refractivity contribution < 1.29 is 9.18 Å². The van der Waals surface area contributed by atoms with Gasteiger partial charge in [0.2, 0.25) is 5.91 Å². The van der Waals surface area contributed by atoms with Crippen molar-refractivity contribution in [3.05, 3.63) is 24.0 Å². The number of nitrogens with two attached hydrogens (primary N) is 1. The number of carbonyl (C=O) groups is 1. The fraction of sp³-hybridized carbons (Fsp3) is 0.562. The Bertz CT molecular complexity index is 469. The zero-order chi connectivity index (χ0) is 15.2. The minimum Gasteiger partial charge on any atom is -0.399 e. The second-order valence-electron chi connectivity index (χ2n) is 5.48. The van der Waals surface area contributed by atoms with Crippen molar-refractivity contribution in [3.8, 4) is 0 Å². The number of nitrogen functional groups attached to an aromatic ring is 1. The summed E-state index contributed by atoms with van der Waals surface area (Å²) in [5.74, 6) is 0.120. The highest BCUT2D eigenvalue weighted by atomic mass is 32.2. The van der Waals surface area contributed by atoms with Gasteiger partial charge in [-0.2, -0.15) is 0 Å². The lowest BCUT2D eigenvalue weighted by molar-refractivity contribution is -0.131. The molecule has 1 saturated carbocycles. The first-order valence-corrected chi connectivity index (χ1v) is 8.57. The van der Waals surface area contributed by atoms with Crippen molar-refractivity contribution in [2.75, 3.05) is 18.0 Å². The molecule has 0 atom stereocenters. The molecular formula is C16H23FN2OS. The second kappa shape index (κ2) is 7.69. The molecule has 1 aliphatic carbocycles. The molecule has 0 aromatic heterocycles. The number of nitrogens with zero attached hydrogens (tertiary/aromatic N) is 1. The molecule has 0 unspecified atom stereocenters. The van der Waals surface area contributed by atoms with E-state index in [1.54, 1.807) is 6.07 Å². The van der Waals surface area contributed by atoms with Crippen molar-refractivity contribution >= 4 is 23.4 Å². The molecular weight excluding hydrogens is 287 g/mol. The highest BCUT2D eigenvalue weighted by molar-refractivity contribution is 8.00. The van der Waals surface area contributed by atoms with Crippen LogP contribution in [0, 0.1) is 5.82 Å². The molecule has 1 amide bonds. The third-order valence-electron chi connectivity index (χ3n) is 3.93. The van der Waals surface area contributed by atoms with Crippen molar-refractivity contribution in [2.45, 2.75) is 50.0 Å². The van der Waals surface area contributed by atoms with Crippen molar-refractivity contribution in [1.82, 2.24) is 4.90 Å². The number of hydrogen-bond acceptors (Lipinski definition) is 3. The van der Waals surface area contributed by atoms with Crippen LogP contribution in [0.5, 0.6) is 0 Å². The van der Waals surface area contributed by atoms with Gasteiger partial charge < -0.3 is 10.6 Å². The van der Waals surface area contributed by atoms with E-state index >= 15 is 0 Å². The van der Waals surface area contributed by atoms with Gasteiger partial charge >= 0.3 is 0 Å². The number of anilines is 1. The normalized spacial score (nSPS) is 15.9. The van der Waals surface area contributed by atoms with Crippen LogP contribution in [-0.2, 0) is 4.79 Å². The Balaban J connectivity index is 1.92. The largest absolute Gasteiger partial charge is 0.399 e. The molecule has 0 radical (unpaired) electrons. The first-order valence-electron chi connectivity index (χ1n) is 7.58. The van der Waals surface area contributed by atoms with Crippen molar-refractivity contribution in [2.24, 2.45) is 0 Å². The highest BCUT2D eigenvalue weighted by Crippen LogP contribution is 2.25. The fourth-order valence-electron chi connectivity index (χ4n) is 2.93. The molecule has 1 aliphatic rings. The summed E-state index contributed by atoms with van der Waals surface area (Å²) >= 11 is 1.35. The van der Waals surface area contributed by atoms with Crippen LogP contribution in [0.2, 0.25) is 0 Å². The van der Waals surface area contributed by atoms with E-state index in [4.69, 9.17) is 5.73 Å². The van der Waals surface area contributed by atoms with Crippen LogP contribution < -0.4 is 5.73 Å². The summed E-state index contributed by atoms with van der Waals surface area (Å²) in [5, 5.41) is 0. The number of thioether (sulfide) groups is 1. The Kier molecular flexibility index (Phi) is 5.91. The van der Waals surface area contributed by atoms with Gasteiger partial charge in [0.05, 0.1) is 5.75 Å². The highest BCUT2D eigenvalue weighted by Gasteiger charge is 2.23. The summed E-state index contributed by atoms with van der Waals surface area (Å²) < 4.78 is 13.3. The molecule has 0 bridgehead atoms. The van der Waals surface area contributed by atoms with Gasteiger partial charge in [-0.15, -0.1) is 11.8 Å². The van der Waals surface area contributed by atoms with E-state index in [0.717, 1.165) is 19.4 Å². The van der Waals surface area contributed by atoms with Gasteiger partial charge in [-0.25, -0.2) is 4.39 Å². The summed E-state index contributed by atoms with van der Waals surface area (Å²) in [6.07, 6.45) is 5.91. The molecule has 116 valence electrons. The third kappa shape index (κ3) is 4.63. The zero-order valence-electron chi connectivity index (χ0n) is 12.5. The smallest absolute Gasteiger partial charge is 0.233 e. The fourth-order valence-corrected chi connectivity index (χ4v) is 3.80. The number of halogens is 1. The van der Waals surface area contributed by atoms with Crippen LogP contribution in [0.1, 0.15) is 39.0 Å². The van der Waals surface area contributed by atoms with Crippen LogP contribution in [0.4, 0.5) is 10.1 Å². The van der Waals surface area contributed by atoms with Crippen LogP contribution in [0.15, 0.2) is 23.1 Å². The third-order valence-corrected chi connectivity index (χ3v) is 4.89. The van der Waals surface area contributed by atoms with Gasteiger partial charge in [0, 0.05) is 23.2 Å². The van der Waals surface area contributed by atoms with Gasteiger partial charge in [-0.05, 0) is 38.0 Å². The topological polar surface area (TPSA) is 46.3 Å². The van der Waals surface area contributed by atoms with E-state index < -0.39 is 0 Å². The quantitative estimate of drug-likeness (QED) is 0.666. The summed E-state index contributed by atoms with van der Waals surface area (Å²) in [6.45, 7) is 2.77. The Morgan fingerprint density at radius 3 is 2.67 bits per heavy atom. The molecule has 21 heavy (non-hydrogen) atoms. The maximum absolute atomic E-state index is 13.3. The summed E-state index contributed by atoms with van der Waals surface area (Å²) in [7, 11) is 0. The van der Waals surface area contributed by atoms with E-state index in [1.807, 2.05) is 11.8 Å². The maximum atomic E-state index is 13.3. The minimum absolute atomic E-state index is 0.136. The SMILES string of the molecule is CCN(C(=O)CSc1cc(N)cc(F)c1)C1CCCCC1.